The number of hydrogen-bond acceptors (Lipinski definition) is 3. The van der Waals surface area contributed by atoms with Gasteiger partial charge in [0, 0.05) is 6.61 Å². The highest BCUT2D eigenvalue weighted by Crippen LogP contribution is 2.07. The number of hydrogen-bond donors (Lipinski definition) is 2. The van der Waals surface area contributed by atoms with E-state index in [4.69, 9.17) is 9.94 Å². The van der Waals surface area contributed by atoms with E-state index >= 15 is 0 Å². The second-order valence-corrected chi connectivity index (χ2v) is 2.12. The Hall–Kier alpha value is -0.540. The molecule has 0 saturated carbocycles. The van der Waals surface area contributed by atoms with Crippen LogP contribution in [0.25, 0.3) is 0 Å². The first kappa shape index (κ1) is 6.58. The molecular formula is C6H11NO2. The Morgan fingerprint density at radius 2 is 2.67 bits per heavy atom. The Kier molecular flexibility index (Phi) is 2.08. The molecule has 2 N–H and O–H groups in total. The lowest BCUT2D eigenvalue weighted by molar-refractivity contribution is 0.109. The first-order chi connectivity index (χ1) is 4.33. The molecule has 0 aliphatic carbocycles. The van der Waals surface area contributed by atoms with E-state index in [9.17, 15) is 0 Å². The monoisotopic (exact) mass is 129 g/mol. The summed E-state index contributed by atoms with van der Waals surface area (Å²) in [4.78, 5) is 4.92. The van der Waals surface area contributed by atoms with Gasteiger partial charge in [0.1, 0.15) is 5.76 Å². The molecule has 0 aromatic heterocycles. The van der Waals surface area contributed by atoms with Crippen LogP contribution in [0.1, 0.15) is 13.3 Å². The van der Waals surface area contributed by atoms with E-state index in [1.807, 2.05) is 13.0 Å². The molecule has 9 heavy (non-hydrogen) atoms. The molecule has 0 aromatic rings. The molecular weight excluding hydrogens is 118 g/mol. The number of hydroxylamine groups is 1. The van der Waals surface area contributed by atoms with Crippen molar-refractivity contribution in [1.82, 2.24) is 5.48 Å². The average Bonchev–Trinajstić information content (AvgIpc) is 2.17. The molecule has 0 aromatic carbocycles. The van der Waals surface area contributed by atoms with Crippen molar-refractivity contribution in [3.63, 3.8) is 0 Å². The molecule has 0 spiro atoms. The Bertz CT molecular complexity index is 122. The summed E-state index contributed by atoms with van der Waals surface area (Å²) >= 11 is 0. The van der Waals surface area contributed by atoms with Crippen molar-refractivity contribution >= 4 is 0 Å². The van der Waals surface area contributed by atoms with Gasteiger partial charge in [-0.15, -0.1) is 0 Å². The van der Waals surface area contributed by atoms with Crippen LogP contribution >= 0.6 is 0 Å². The summed E-state index contributed by atoms with van der Waals surface area (Å²) in [6.07, 6.45) is 2.67. The van der Waals surface area contributed by atoms with Gasteiger partial charge < -0.3 is 9.94 Å². The molecule has 1 unspecified atom stereocenters. The molecule has 1 rings (SSSR count). The van der Waals surface area contributed by atoms with E-state index in [-0.39, 0.29) is 12.6 Å². The van der Waals surface area contributed by atoms with Crippen molar-refractivity contribution < 1.29 is 9.94 Å². The first-order valence-electron chi connectivity index (χ1n) is 3.04. The molecule has 0 bridgehead atoms. The highest BCUT2D eigenvalue weighted by Gasteiger charge is 2.11. The minimum absolute atomic E-state index is 0.199. The van der Waals surface area contributed by atoms with Gasteiger partial charge in [-0.3, -0.25) is 0 Å². The van der Waals surface area contributed by atoms with E-state index < -0.39 is 0 Å². The van der Waals surface area contributed by atoms with E-state index in [0.29, 0.717) is 0 Å². The molecule has 3 heteroatoms. The quantitative estimate of drug-likeness (QED) is 0.558. The maximum absolute atomic E-state index is 8.49. The Labute approximate surface area is 54.3 Å². The highest BCUT2D eigenvalue weighted by atomic mass is 16.7. The van der Waals surface area contributed by atoms with Gasteiger partial charge in [0.15, 0.2) is 0 Å². The molecule has 1 aliphatic rings. The number of rotatable bonds is 2. The average molecular weight is 129 g/mol. The molecule has 3 nitrogen and oxygen atoms in total. The lowest BCUT2D eigenvalue weighted by Crippen LogP contribution is -2.21. The van der Waals surface area contributed by atoms with Crippen molar-refractivity contribution in [2.75, 3.05) is 6.61 Å². The van der Waals surface area contributed by atoms with Gasteiger partial charge in [0.05, 0.1) is 6.04 Å². The van der Waals surface area contributed by atoms with E-state index in [1.165, 1.54) is 0 Å². The molecule has 1 heterocycles. The lowest BCUT2D eigenvalue weighted by Gasteiger charge is -2.02. The largest absolute Gasteiger partial charge is 0.413 e. The molecule has 1 aliphatic heterocycles. The first-order valence-corrected chi connectivity index (χ1v) is 3.04. The van der Waals surface area contributed by atoms with Crippen LogP contribution in [0.5, 0.6) is 0 Å². The molecule has 0 fully saturated rings. The van der Waals surface area contributed by atoms with Crippen molar-refractivity contribution in [2.45, 2.75) is 19.4 Å². The summed E-state index contributed by atoms with van der Waals surface area (Å²) in [5, 5.41) is 8.49. The number of aliphatic hydroxyl groups excluding tert-OH is 1. The van der Waals surface area contributed by atoms with Gasteiger partial charge >= 0.3 is 0 Å². The summed E-state index contributed by atoms with van der Waals surface area (Å²) in [5.41, 5.74) is 2.75. The Balaban J connectivity index is 2.29. The third-order valence-corrected chi connectivity index (χ3v) is 1.25. The van der Waals surface area contributed by atoms with Crippen LogP contribution in [0, 0.1) is 0 Å². The fourth-order valence-corrected chi connectivity index (χ4v) is 0.801. The second kappa shape index (κ2) is 2.85. The van der Waals surface area contributed by atoms with E-state index in [2.05, 4.69) is 5.48 Å². The lowest BCUT2D eigenvalue weighted by atomic mass is 10.2. The third kappa shape index (κ3) is 1.69. The van der Waals surface area contributed by atoms with Gasteiger partial charge in [0.25, 0.3) is 0 Å². The summed E-state index contributed by atoms with van der Waals surface area (Å²) in [7, 11) is 0. The smallest absolute Gasteiger partial charge is 0.118 e. The van der Waals surface area contributed by atoms with Crippen molar-refractivity contribution in [1.29, 1.82) is 0 Å². The maximum Gasteiger partial charge on any atom is 0.118 e. The van der Waals surface area contributed by atoms with Crippen molar-refractivity contribution in [3.05, 3.63) is 11.8 Å². The second-order valence-electron chi connectivity index (χ2n) is 2.12. The number of allylic oxidation sites excluding steroid dienone is 1. The van der Waals surface area contributed by atoms with Crippen LogP contribution in [-0.2, 0) is 4.84 Å². The van der Waals surface area contributed by atoms with Crippen molar-refractivity contribution in [2.24, 2.45) is 0 Å². The molecule has 52 valence electrons. The van der Waals surface area contributed by atoms with Crippen LogP contribution in [0.3, 0.4) is 0 Å². The zero-order valence-electron chi connectivity index (χ0n) is 5.42. The topological polar surface area (TPSA) is 41.5 Å². The standard InChI is InChI=1S/C6H11NO2/c1-5-4-6(2-3-8)7-9-5/h4,6-8H,2-3H2,1H3. The van der Waals surface area contributed by atoms with E-state index in [0.717, 1.165) is 12.2 Å². The predicted octanol–water partition coefficient (Wildman–Crippen LogP) is 0.176. The maximum atomic E-state index is 8.49. The SMILES string of the molecule is CC1=CC(CCO)NO1. The third-order valence-electron chi connectivity index (χ3n) is 1.25. The van der Waals surface area contributed by atoms with Gasteiger partial charge in [-0.25, -0.2) is 0 Å². The van der Waals surface area contributed by atoms with Crippen LogP contribution in [0.15, 0.2) is 11.8 Å². The minimum Gasteiger partial charge on any atom is -0.413 e. The van der Waals surface area contributed by atoms with Crippen LogP contribution in [-0.4, -0.2) is 17.8 Å². The Morgan fingerprint density at radius 3 is 3.11 bits per heavy atom. The zero-order chi connectivity index (χ0) is 6.69. The number of aliphatic hydroxyl groups is 1. The van der Waals surface area contributed by atoms with Crippen molar-refractivity contribution in [3.8, 4) is 0 Å². The predicted molar refractivity (Wildman–Crippen MR) is 33.5 cm³/mol. The fraction of sp³-hybridized carbons (Fsp3) is 0.667. The fourth-order valence-electron chi connectivity index (χ4n) is 0.801. The summed E-state index contributed by atoms with van der Waals surface area (Å²) in [6.45, 7) is 2.08. The van der Waals surface area contributed by atoms with Crippen LogP contribution < -0.4 is 5.48 Å². The molecule has 1 atom stereocenters. The van der Waals surface area contributed by atoms with E-state index in [1.54, 1.807) is 0 Å². The van der Waals surface area contributed by atoms with Crippen LogP contribution in [0.2, 0.25) is 0 Å². The Morgan fingerprint density at radius 1 is 1.89 bits per heavy atom. The highest BCUT2D eigenvalue weighted by molar-refractivity contribution is 5.00. The number of nitrogens with one attached hydrogen (secondary N) is 1. The van der Waals surface area contributed by atoms with Gasteiger partial charge in [0.2, 0.25) is 0 Å². The summed E-state index contributed by atoms with van der Waals surface area (Å²) in [5.74, 6) is 0.883. The molecule has 0 radical (unpaired) electrons. The normalized spacial score (nSPS) is 25.6. The zero-order valence-corrected chi connectivity index (χ0v) is 5.42. The molecule has 0 saturated heterocycles. The molecule has 0 amide bonds. The van der Waals surface area contributed by atoms with Gasteiger partial charge in [-0.2, -0.15) is 5.48 Å². The summed E-state index contributed by atoms with van der Waals surface area (Å²) < 4.78 is 0. The van der Waals surface area contributed by atoms with Crippen LogP contribution in [0.4, 0.5) is 0 Å². The van der Waals surface area contributed by atoms with Gasteiger partial charge in [-0.05, 0) is 19.4 Å². The minimum atomic E-state index is 0.199. The van der Waals surface area contributed by atoms with Gasteiger partial charge in [-0.1, -0.05) is 0 Å². The summed E-state index contributed by atoms with van der Waals surface area (Å²) in [6, 6.07) is 0.204.